The summed E-state index contributed by atoms with van der Waals surface area (Å²) in [5.74, 6) is -1.38. The van der Waals surface area contributed by atoms with Crippen LogP contribution in [0.2, 0.25) is 0 Å². The molecule has 0 fully saturated rings. The molecule has 12 heavy (non-hydrogen) atoms. The van der Waals surface area contributed by atoms with Crippen molar-refractivity contribution < 1.29 is 14.7 Å². The molecule has 0 amide bonds. The number of aliphatic hydroxyl groups excluding tert-OH is 1. The maximum Gasteiger partial charge on any atom is 0.391 e. The molecule has 1 N–H and O–H groups in total. The zero-order valence-corrected chi connectivity index (χ0v) is 8.06. The average Bonchev–Trinajstić information content (AvgIpc) is 1.87. The van der Waals surface area contributed by atoms with Gasteiger partial charge in [-0.2, -0.15) is 0 Å². The fraction of sp³-hybridized carbons (Fsp3) is 0.571. The maximum atomic E-state index is 10.6. The SMILES string of the molecule is C=C(O)C(=O)ON(C)CCC.Cl. The number of nitrogens with zero attached hydrogens (tertiary/aromatic N) is 1. The third kappa shape index (κ3) is 6.00. The fourth-order valence-electron chi connectivity index (χ4n) is 0.555. The summed E-state index contributed by atoms with van der Waals surface area (Å²) in [6.45, 7) is 5.62. The van der Waals surface area contributed by atoms with Crippen LogP contribution in [0.15, 0.2) is 12.3 Å². The highest BCUT2D eigenvalue weighted by molar-refractivity contribution is 5.85. The van der Waals surface area contributed by atoms with Gasteiger partial charge in [-0.1, -0.05) is 6.92 Å². The van der Waals surface area contributed by atoms with Gasteiger partial charge < -0.3 is 9.94 Å². The molecule has 0 bridgehead atoms. The summed E-state index contributed by atoms with van der Waals surface area (Å²) < 4.78 is 0. The predicted octanol–water partition coefficient (Wildman–Crippen LogP) is 1.28. The van der Waals surface area contributed by atoms with Crippen LogP contribution in [0, 0.1) is 0 Å². The average molecular weight is 196 g/mol. The van der Waals surface area contributed by atoms with Crippen molar-refractivity contribution in [3.05, 3.63) is 12.3 Å². The van der Waals surface area contributed by atoms with Crippen LogP contribution in [-0.2, 0) is 9.63 Å². The molecule has 0 saturated heterocycles. The number of carbonyl (C=O) groups excluding carboxylic acids is 1. The number of hydrogen-bond acceptors (Lipinski definition) is 4. The minimum absolute atomic E-state index is 0. The van der Waals surface area contributed by atoms with Crippen LogP contribution in [0.4, 0.5) is 0 Å². The Labute approximate surface area is 78.2 Å². The van der Waals surface area contributed by atoms with Gasteiger partial charge in [-0.3, -0.25) is 0 Å². The topological polar surface area (TPSA) is 49.8 Å². The molecule has 0 aromatic heterocycles. The highest BCUT2D eigenvalue weighted by atomic mass is 35.5. The van der Waals surface area contributed by atoms with E-state index in [9.17, 15) is 4.79 Å². The maximum absolute atomic E-state index is 10.6. The zero-order chi connectivity index (χ0) is 8.85. The summed E-state index contributed by atoms with van der Waals surface area (Å²) in [6.07, 6.45) is 0.877. The van der Waals surface area contributed by atoms with Crippen molar-refractivity contribution in [3.8, 4) is 0 Å². The van der Waals surface area contributed by atoms with Crippen molar-refractivity contribution in [2.45, 2.75) is 13.3 Å². The van der Waals surface area contributed by atoms with Crippen LogP contribution in [-0.4, -0.2) is 29.7 Å². The molecule has 0 aliphatic rings. The van der Waals surface area contributed by atoms with E-state index in [-0.39, 0.29) is 12.4 Å². The Morgan fingerprint density at radius 3 is 2.50 bits per heavy atom. The molecule has 0 aliphatic heterocycles. The quantitative estimate of drug-likeness (QED) is 0.417. The molecule has 0 rings (SSSR count). The smallest absolute Gasteiger partial charge is 0.391 e. The minimum atomic E-state index is -0.805. The van der Waals surface area contributed by atoms with E-state index in [1.807, 2.05) is 6.92 Å². The second-order valence-electron chi connectivity index (χ2n) is 2.18. The first-order chi connectivity index (χ1) is 5.07. The van der Waals surface area contributed by atoms with E-state index in [1.54, 1.807) is 7.05 Å². The number of halogens is 1. The first-order valence-corrected chi connectivity index (χ1v) is 3.39. The first kappa shape index (κ1) is 13.8. The number of hydroxylamine groups is 2. The Bertz CT molecular complexity index is 161. The zero-order valence-electron chi connectivity index (χ0n) is 7.24. The van der Waals surface area contributed by atoms with Crippen LogP contribution in [0.25, 0.3) is 0 Å². The van der Waals surface area contributed by atoms with E-state index < -0.39 is 11.7 Å². The van der Waals surface area contributed by atoms with Gasteiger partial charge in [-0.05, 0) is 13.0 Å². The van der Waals surface area contributed by atoms with E-state index in [2.05, 4.69) is 11.4 Å². The van der Waals surface area contributed by atoms with Crippen molar-refractivity contribution in [2.75, 3.05) is 13.6 Å². The molecule has 0 spiro atoms. The molecule has 0 aromatic rings. The normalized spacial score (nSPS) is 8.92. The summed E-state index contributed by atoms with van der Waals surface area (Å²) in [6, 6.07) is 0. The lowest BCUT2D eigenvalue weighted by Gasteiger charge is -2.13. The van der Waals surface area contributed by atoms with E-state index in [1.165, 1.54) is 5.06 Å². The van der Waals surface area contributed by atoms with Crippen molar-refractivity contribution in [1.29, 1.82) is 0 Å². The highest BCUT2D eigenvalue weighted by Crippen LogP contribution is 1.93. The summed E-state index contributed by atoms with van der Waals surface area (Å²) >= 11 is 0. The molecule has 4 nitrogen and oxygen atoms in total. The number of aliphatic hydroxyl groups is 1. The first-order valence-electron chi connectivity index (χ1n) is 3.39. The van der Waals surface area contributed by atoms with E-state index in [0.717, 1.165) is 6.42 Å². The molecule has 0 aliphatic carbocycles. The van der Waals surface area contributed by atoms with Crippen LogP contribution in [0.1, 0.15) is 13.3 Å². The standard InChI is InChI=1S/C7H13NO3.ClH/c1-4-5-8(3)11-7(10)6(2)9;/h9H,2,4-5H2,1,3H3;1H. The van der Waals surface area contributed by atoms with Gasteiger partial charge in [0.05, 0.1) is 0 Å². The van der Waals surface area contributed by atoms with E-state index in [0.29, 0.717) is 6.54 Å². The van der Waals surface area contributed by atoms with Crippen molar-refractivity contribution in [1.82, 2.24) is 5.06 Å². The second kappa shape index (κ2) is 6.94. The number of carbonyl (C=O) groups is 1. The molecule has 0 aromatic carbocycles. The van der Waals surface area contributed by atoms with E-state index in [4.69, 9.17) is 5.11 Å². The largest absolute Gasteiger partial charge is 0.502 e. The molecule has 0 radical (unpaired) electrons. The molecule has 0 heterocycles. The summed E-state index contributed by atoms with van der Waals surface area (Å²) in [5.41, 5.74) is 0. The molecule has 72 valence electrons. The molecule has 0 saturated carbocycles. The summed E-state index contributed by atoms with van der Waals surface area (Å²) in [4.78, 5) is 15.2. The Balaban J connectivity index is 0. The van der Waals surface area contributed by atoms with Gasteiger partial charge in [0.15, 0.2) is 5.76 Å². The second-order valence-corrected chi connectivity index (χ2v) is 2.18. The summed E-state index contributed by atoms with van der Waals surface area (Å²) in [5, 5.41) is 9.89. The number of hydrogen-bond donors (Lipinski definition) is 1. The number of rotatable bonds is 4. The Hall–Kier alpha value is -0.740. The molecule has 5 heteroatoms. The third-order valence-electron chi connectivity index (χ3n) is 1.01. The van der Waals surface area contributed by atoms with Crippen LogP contribution >= 0.6 is 12.4 Å². The monoisotopic (exact) mass is 195 g/mol. The summed E-state index contributed by atoms with van der Waals surface area (Å²) in [7, 11) is 1.62. The van der Waals surface area contributed by atoms with E-state index >= 15 is 0 Å². The van der Waals surface area contributed by atoms with Gasteiger partial charge in [-0.25, -0.2) is 4.79 Å². The van der Waals surface area contributed by atoms with Gasteiger partial charge in [0.2, 0.25) is 0 Å². The minimum Gasteiger partial charge on any atom is -0.502 e. The van der Waals surface area contributed by atoms with Gasteiger partial charge in [0, 0.05) is 13.6 Å². The van der Waals surface area contributed by atoms with Gasteiger partial charge in [0.25, 0.3) is 0 Å². The van der Waals surface area contributed by atoms with Gasteiger partial charge in [0.1, 0.15) is 0 Å². The Morgan fingerprint density at radius 1 is 1.67 bits per heavy atom. The third-order valence-corrected chi connectivity index (χ3v) is 1.01. The van der Waals surface area contributed by atoms with Crippen molar-refractivity contribution >= 4 is 18.4 Å². The predicted molar refractivity (Wildman–Crippen MR) is 48.0 cm³/mol. The van der Waals surface area contributed by atoms with Crippen LogP contribution in [0.5, 0.6) is 0 Å². The van der Waals surface area contributed by atoms with Crippen LogP contribution < -0.4 is 0 Å². The lowest BCUT2D eigenvalue weighted by atomic mass is 10.5. The van der Waals surface area contributed by atoms with Gasteiger partial charge >= 0.3 is 5.97 Å². The molecule has 0 atom stereocenters. The molecule has 0 unspecified atom stereocenters. The van der Waals surface area contributed by atoms with Crippen LogP contribution in [0.3, 0.4) is 0 Å². The Morgan fingerprint density at radius 2 is 2.17 bits per heavy atom. The lowest BCUT2D eigenvalue weighted by Crippen LogP contribution is -2.24. The fourth-order valence-corrected chi connectivity index (χ4v) is 0.555. The highest BCUT2D eigenvalue weighted by Gasteiger charge is 2.08. The van der Waals surface area contributed by atoms with Crippen molar-refractivity contribution in [2.24, 2.45) is 0 Å². The Kier molecular flexibility index (Phi) is 7.99. The molecular weight excluding hydrogens is 182 g/mol. The van der Waals surface area contributed by atoms with Crippen molar-refractivity contribution in [3.63, 3.8) is 0 Å². The van der Waals surface area contributed by atoms with Gasteiger partial charge in [-0.15, -0.1) is 17.5 Å². The molecular formula is C7H14ClNO3. The lowest BCUT2D eigenvalue weighted by molar-refractivity contribution is -0.181.